The third kappa shape index (κ3) is 3.69. The quantitative estimate of drug-likeness (QED) is 0.582. The Bertz CT molecular complexity index is 1090. The largest absolute Gasteiger partial charge is 0.388 e. The Kier molecular flexibility index (Phi) is 5.37. The van der Waals surface area contributed by atoms with Gasteiger partial charge in [0.05, 0.1) is 18.4 Å². The predicted octanol–water partition coefficient (Wildman–Crippen LogP) is 6.01. The van der Waals surface area contributed by atoms with Crippen LogP contribution in [0.25, 0.3) is 0 Å². The van der Waals surface area contributed by atoms with E-state index in [4.69, 9.17) is 19.4 Å². The molecule has 2 aromatic heterocycles. The Morgan fingerprint density at radius 2 is 1.88 bits per heavy atom. The number of ether oxygens (including phenoxy) is 2. The maximum Gasteiger partial charge on any atom is 0.137 e. The number of thiazole rings is 1. The number of hydrogen-bond donors (Lipinski definition) is 1. The van der Waals surface area contributed by atoms with Crippen LogP contribution in [-0.4, -0.2) is 28.3 Å². The second-order valence-corrected chi connectivity index (χ2v) is 13.4. The summed E-state index contributed by atoms with van der Waals surface area (Å²) < 4.78 is 12.9. The van der Waals surface area contributed by atoms with Crippen LogP contribution in [0.2, 0.25) is 0 Å². The molecule has 1 saturated heterocycles. The molecule has 0 aromatic carbocycles. The summed E-state index contributed by atoms with van der Waals surface area (Å²) in [5.41, 5.74) is 6.05. The molecule has 3 aliphatic rings. The van der Waals surface area contributed by atoms with E-state index < -0.39 is 11.7 Å². The summed E-state index contributed by atoms with van der Waals surface area (Å²) in [6.45, 7) is 18.9. The third-order valence-corrected chi connectivity index (χ3v) is 9.04. The molecular weight excluding hydrogens is 432 g/mol. The van der Waals surface area contributed by atoms with Gasteiger partial charge in [-0.3, -0.25) is 4.98 Å². The van der Waals surface area contributed by atoms with E-state index in [1.54, 1.807) is 11.3 Å². The van der Waals surface area contributed by atoms with Crippen molar-refractivity contribution in [3.63, 3.8) is 0 Å². The molecule has 1 spiro atoms. The number of nitrogens with zero attached hydrogens (tertiary/aromatic N) is 2. The van der Waals surface area contributed by atoms with Crippen LogP contribution >= 0.6 is 11.3 Å². The van der Waals surface area contributed by atoms with Crippen LogP contribution in [0.3, 0.4) is 0 Å². The molecule has 2 aliphatic heterocycles. The number of aryl methyl sites for hydroxylation is 1. The Labute approximate surface area is 202 Å². The van der Waals surface area contributed by atoms with Gasteiger partial charge in [-0.25, -0.2) is 4.98 Å². The minimum Gasteiger partial charge on any atom is -0.388 e. The second-order valence-electron chi connectivity index (χ2n) is 12.4. The van der Waals surface area contributed by atoms with E-state index in [2.05, 4.69) is 55.4 Å². The summed E-state index contributed by atoms with van der Waals surface area (Å²) in [5, 5.41) is 12.4. The lowest BCUT2D eigenvalue weighted by Crippen LogP contribution is -2.33. The highest BCUT2D eigenvalue weighted by Crippen LogP contribution is 2.57. The van der Waals surface area contributed by atoms with Gasteiger partial charge in [-0.05, 0) is 36.5 Å². The van der Waals surface area contributed by atoms with Gasteiger partial charge in [-0.2, -0.15) is 0 Å². The average molecular weight is 471 g/mol. The van der Waals surface area contributed by atoms with E-state index in [1.807, 2.05) is 0 Å². The molecule has 4 heterocycles. The number of aliphatic hydroxyl groups is 1. The standard InChI is InChI=1S/C27H38N2O3S/c1-14(2)21-19-20(18-16(29-21)11-26(7,8)12-17(18)30)27(9-10-31-13-27)32-22(19)24-28-15(3)23(33-24)25(4,5)6/h14,17,22,30H,9-13H2,1-8H3. The van der Waals surface area contributed by atoms with Crippen molar-refractivity contribution >= 4 is 11.3 Å². The highest BCUT2D eigenvalue weighted by Gasteiger charge is 2.54. The van der Waals surface area contributed by atoms with E-state index >= 15 is 0 Å². The number of rotatable bonds is 2. The lowest BCUT2D eigenvalue weighted by Gasteiger charge is -2.37. The van der Waals surface area contributed by atoms with Crippen molar-refractivity contribution in [2.24, 2.45) is 5.41 Å². The predicted molar refractivity (Wildman–Crippen MR) is 131 cm³/mol. The maximum atomic E-state index is 11.4. The summed E-state index contributed by atoms with van der Waals surface area (Å²) in [6, 6.07) is 0. The van der Waals surface area contributed by atoms with Crippen molar-refractivity contribution in [1.82, 2.24) is 9.97 Å². The minimum absolute atomic E-state index is 0.0220. The number of aliphatic hydroxyl groups excluding tert-OH is 1. The molecule has 5 rings (SSSR count). The maximum absolute atomic E-state index is 11.4. The van der Waals surface area contributed by atoms with Crippen LogP contribution in [0.5, 0.6) is 0 Å². The van der Waals surface area contributed by atoms with Gasteiger partial charge in [0.2, 0.25) is 0 Å². The molecular formula is C27H38N2O3S. The number of fused-ring (bicyclic) bond motifs is 4. The first-order valence-corrected chi connectivity index (χ1v) is 13.1. The van der Waals surface area contributed by atoms with Crippen LogP contribution in [0.4, 0.5) is 0 Å². The van der Waals surface area contributed by atoms with E-state index in [0.29, 0.717) is 13.2 Å². The van der Waals surface area contributed by atoms with Crippen molar-refractivity contribution in [3.8, 4) is 0 Å². The highest BCUT2D eigenvalue weighted by atomic mass is 32.1. The normalized spacial score (nSPS) is 28.5. The summed E-state index contributed by atoms with van der Waals surface area (Å²) in [5.74, 6) is 0.248. The fourth-order valence-electron chi connectivity index (χ4n) is 6.10. The fraction of sp³-hybridized carbons (Fsp3) is 0.704. The Hall–Kier alpha value is -1.34. The van der Waals surface area contributed by atoms with Gasteiger partial charge < -0.3 is 14.6 Å². The molecule has 6 heteroatoms. The smallest absolute Gasteiger partial charge is 0.137 e. The van der Waals surface area contributed by atoms with Crippen molar-refractivity contribution in [2.75, 3.05) is 13.2 Å². The lowest BCUT2D eigenvalue weighted by atomic mass is 9.71. The summed E-state index contributed by atoms with van der Waals surface area (Å²) in [4.78, 5) is 11.6. The zero-order valence-electron chi connectivity index (χ0n) is 21.3. The third-order valence-electron chi connectivity index (χ3n) is 7.42. The lowest BCUT2D eigenvalue weighted by molar-refractivity contribution is -0.0654. The van der Waals surface area contributed by atoms with Crippen LogP contribution in [-0.2, 0) is 26.9 Å². The van der Waals surface area contributed by atoms with Gasteiger partial charge in [0.1, 0.15) is 16.7 Å². The first-order chi connectivity index (χ1) is 15.3. The SMILES string of the molecule is Cc1nc(C2OC3(CCOC3)c3c4c(nc(C(C)C)c32)CC(C)(C)CC4O)sc1C(C)(C)C. The van der Waals surface area contributed by atoms with Gasteiger partial charge >= 0.3 is 0 Å². The number of hydrogen-bond acceptors (Lipinski definition) is 6. The van der Waals surface area contributed by atoms with Crippen LogP contribution in [0.1, 0.15) is 123 Å². The van der Waals surface area contributed by atoms with Crippen molar-refractivity contribution in [2.45, 2.75) is 104 Å². The molecule has 180 valence electrons. The Morgan fingerprint density at radius 1 is 1.15 bits per heavy atom. The average Bonchev–Trinajstić information content (AvgIpc) is 3.38. The Balaban J connectivity index is 1.77. The molecule has 0 radical (unpaired) electrons. The van der Waals surface area contributed by atoms with E-state index in [0.717, 1.165) is 58.0 Å². The van der Waals surface area contributed by atoms with Crippen LogP contribution < -0.4 is 0 Å². The monoisotopic (exact) mass is 470 g/mol. The molecule has 3 unspecified atom stereocenters. The first-order valence-electron chi connectivity index (χ1n) is 12.3. The molecule has 0 saturated carbocycles. The number of pyridine rings is 1. The van der Waals surface area contributed by atoms with Gasteiger partial charge in [-0.1, -0.05) is 48.5 Å². The summed E-state index contributed by atoms with van der Waals surface area (Å²) in [6.07, 6.45) is 1.62. The molecule has 1 aliphatic carbocycles. The summed E-state index contributed by atoms with van der Waals surface area (Å²) in [7, 11) is 0. The molecule has 1 fully saturated rings. The van der Waals surface area contributed by atoms with E-state index in [9.17, 15) is 5.11 Å². The Morgan fingerprint density at radius 3 is 2.45 bits per heavy atom. The van der Waals surface area contributed by atoms with Crippen molar-refractivity contribution < 1.29 is 14.6 Å². The van der Waals surface area contributed by atoms with E-state index in [-0.39, 0.29) is 22.9 Å². The molecule has 0 bridgehead atoms. The molecule has 0 amide bonds. The fourth-order valence-corrected chi connectivity index (χ4v) is 7.27. The van der Waals surface area contributed by atoms with Gasteiger partial charge in [0.15, 0.2) is 0 Å². The molecule has 2 aromatic rings. The summed E-state index contributed by atoms with van der Waals surface area (Å²) >= 11 is 1.76. The molecule has 3 atom stereocenters. The van der Waals surface area contributed by atoms with Crippen molar-refractivity contribution in [1.29, 1.82) is 0 Å². The van der Waals surface area contributed by atoms with Crippen LogP contribution in [0, 0.1) is 12.3 Å². The topological polar surface area (TPSA) is 64.5 Å². The van der Waals surface area contributed by atoms with Crippen molar-refractivity contribution in [3.05, 3.63) is 43.7 Å². The van der Waals surface area contributed by atoms with Crippen LogP contribution in [0.15, 0.2) is 0 Å². The van der Waals surface area contributed by atoms with Gasteiger partial charge in [0.25, 0.3) is 0 Å². The van der Waals surface area contributed by atoms with Gasteiger partial charge in [-0.15, -0.1) is 11.3 Å². The van der Waals surface area contributed by atoms with E-state index in [1.165, 1.54) is 4.88 Å². The zero-order chi connectivity index (χ0) is 23.9. The number of aromatic nitrogens is 2. The highest BCUT2D eigenvalue weighted by molar-refractivity contribution is 7.12. The zero-order valence-corrected chi connectivity index (χ0v) is 22.2. The first kappa shape index (κ1) is 23.4. The minimum atomic E-state index is -0.533. The van der Waals surface area contributed by atoms with Gasteiger partial charge in [0, 0.05) is 46.0 Å². The molecule has 5 nitrogen and oxygen atoms in total. The molecule has 1 N–H and O–H groups in total. The molecule has 33 heavy (non-hydrogen) atoms. The second kappa shape index (κ2) is 7.58.